The first-order chi connectivity index (χ1) is 18.8. The van der Waals surface area contributed by atoms with Crippen LogP contribution in [0.15, 0.2) is 12.3 Å². The minimum absolute atomic E-state index is 0.199. The fourth-order valence-corrected chi connectivity index (χ4v) is 5.02. The number of hydrogen-bond donors (Lipinski definition) is 3. The summed E-state index contributed by atoms with van der Waals surface area (Å²) in [4.78, 5) is 6.84. The SMILES string of the molecule is CCOc1nn(CC(C)O)c2c1/C=C/c1[nH]nc3ncc(cc13)-c1c(CO)nn(C)c1OC(C)CN(CC)C2. The fourth-order valence-electron chi connectivity index (χ4n) is 5.02. The Bertz CT molecular complexity index is 1480. The molecule has 208 valence electrons. The second-order valence-corrected chi connectivity index (χ2v) is 9.86. The van der Waals surface area contributed by atoms with Crippen LogP contribution < -0.4 is 9.47 Å². The van der Waals surface area contributed by atoms with E-state index in [1.807, 2.05) is 43.8 Å². The molecule has 0 radical (unpaired) electrons. The molecule has 5 rings (SSSR count). The van der Waals surface area contributed by atoms with Crippen molar-refractivity contribution in [2.45, 2.75) is 59.6 Å². The number of hydrogen-bond acceptors (Lipinski definition) is 9. The number of aliphatic hydroxyl groups is 2. The monoisotopic (exact) mass is 536 g/mol. The third kappa shape index (κ3) is 5.27. The normalized spacial score (nSPS) is 17.8. The third-order valence-electron chi connectivity index (χ3n) is 6.79. The Balaban J connectivity index is 1.72. The van der Waals surface area contributed by atoms with Gasteiger partial charge in [0.25, 0.3) is 0 Å². The van der Waals surface area contributed by atoms with Crippen LogP contribution in [0.25, 0.3) is 34.3 Å². The van der Waals surface area contributed by atoms with Crippen molar-refractivity contribution in [3.8, 4) is 22.9 Å². The predicted octanol–water partition coefficient (Wildman–Crippen LogP) is 2.60. The number of aromatic nitrogens is 7. The number of H-pyrrole nitrogens is 1. The quantitative estimate of drug-likeness (QED) is 0.339. The smallest absolute Gasteiger partial charge is 0.240 e. The Labute approximate surface area is 226 Å². The molecule has 1 aliphatic heterocycles. The zero-order valence-electron chi connectivity index (χ0n) is 23.0. The first-order valence-electron chi connectivity index (χ1n) is 13.3. The van der Waals surface area contributed by atoms with E-state index in [-0.39, 0.29) is 12.7 Å². The molecule has 5 heterocycles. The number of aliphatic hydroxyl groups excluding tert-OH is 2. The molecule has 12 heteroatoms. The topological polar surface area (TPSA) is 139 Å². The summed E-state index contributed by atoms with van der Waals surface area (Å²) in [6.07, 6.45) is 4.88. The molecule has 1 aliphatic rings. The third-order valence-corrected chi connectivity index (χ3v) is 6.79. The summed E-state index contributed by atoms with van der Waals surface area (Å²) < 4.78 is 15.9. The molecule has 0 saturated heterocycles. The van der Waals surface area contributed by atoms with Crippen molar-refractivity contribution >= 4 is 23.2 Å². The highest BCUT2D eigenvalue weighted by atomic mass is 16.5. The lowest BCUT2D eigenvalue weighted by molar-refractivity contribution is 0.131. The van der Waals surface area contributed by atoms with Crippen LogP contribution in [0.4, 0.5) is 0 Å². The van der Waals surface area contributed by atoms with E-state index in [1.165, 1.54) is 0 Å². The van der Waals surface area contributed by atoms with Gasteiger partial charge in [-0.25, -0.2) is 9.67 Å². The van der Waals surface area contributed by atoms with Gasteiger partial charge in [0, 0.05) is 37.3 Å². The van der Waals surface area contributed by atoms with Crippen molar-refractivity contribution in [3.05, 3.63) is 34.9 Å². The Morgan fingerprint density at radius 3 is 2.79 bits per heavy atom. The van der Waals surface area contributed by atoms with E-state index >= 15 is 0 Å². The van der Waals surface area contributed by atoms with Crippen molar-refractivity contribution in [1.82, 2.24) is 39.6 Å². The highest BCUT2D eigenvalue weighted by molar-refractivity contribution is 5.91. The highest BCUT2D eigenvalue weighted by Gasteiger charge is 2.25. The van der Waals surface area contributed by atoms with Crippen LogP contribution >= 0.6 is 0 Å². The Morgan fingerprint density at radius 1 is 1.26 bits per heavy atom. The van der Waals surface area contributed by atoms with E-state index in [0.717, 1.165) is 34.4 Å². The summed E-state index contributed by atoms with van der Waals surface area (Å²) in [5.74, 6) is 1.08. The summed E-state index contributed by atoms with van der Waals surface area (Å²) in [5, 5.41) is 37.8. The van der Waals surface area contributed by atoms with E-state index in [0.29, 0.717) is 54.9 Å². The van der Waals surface area contributed by atoms with Gasteiger partial charge >= 0.3 is 0 Å². The van der Waals surface area contributed by atoms with Crippen LogP contribution in [-0.2, 0) is 26.7 Å². The summed E-state index contributed by atoms with van der Waals surface area (Å²) in [6.45, 7) is 10.4. The van der Waals surface area contributed by atoms with Crippen LogP contribution in [0, 0.1) is 0 Å². The molecule has 12 nitrogen and oxygen atoms in total. The van der Waals surface area contributed by atoms with Crippen LogP contribution in [0.2, 0.25) is 0 Å². The number of pyridine rings is 1. The van der Waals surface area contributed by atoms with Gasteiger partial charge in [-0.15, -0.1) is 5.10 Å². The van der Waals surface area contributed by atoms with Crippen molar-refractivity contribution in [2.75, 3.05) is 19.7 Å². The van der Waals surface area contributed by atoms with Gasteiger partial charge in [0.05, 0.1) is 54.1 Å². The fraction of sp³-hybridized carbons (Fsp3) is 0.481. The van der Waals surface area contributed by atoms with E-state index in [2.05, 4.69) is 32.1 Å². The molecule has 3 N–H and O–H groups in total. The summed E-state index contributed by atoms with van der Waals surface area (Å²) >= 11 is 0. The number of ether oxygens (including phenoxy) is 2. The van der Waals surface area contributed by atoms with Crippen LogP contribution in [-0.4, -0.2) is 81.8 Å². The summed E-state index contributed by atoms with van der Waals surface area (Å²) in [7, 11) is 1.81. The molecule has 2 bridgehead atoms. The molecule has 0 spiro atoms. The van der Waals surface area contributed by atoms with Gasteiger partial charge in [0.1, 0.15) is 6.10 Å². The van der Waals surface area contributed by atoms with Crippen molar-refractivity contribution in [3.63, 3.8) is 0 Å². The van der Waals surface area contributed by atoms with E-state index < -0.39 is 6.10 Å². The Morgan fingerprint density at radius 2 is 2.08 bits per heavy atom. The Kier molecular flexibility index (Phi) is 7.69. The van der Waals surface area contributed by atoms with Crippen molar-refractivity contribution in [1.29, 1.82) is 0 Å². The predicted molar refractivity (Wildman–Crippen MR) is 147 cm³/mol. The van der Waals surface area contributed by atoms with Gasteiger partial charge < -0.3 is 19.7 Å². The second-order valence-electron chi connectivity index (χ2n) is 9.86. The number of likely N-dealkylation sites (N-methyl/N-ethyl adjacent to an activating group) is 1. The van der Waals surface area contributed by atoms with Gasteiger partial charge in [0.2, 0.25) is 11.8 Å². The van der Waals surface area contributed by atoms with Crippen LogP contribution in [0.5, 0.6) is 11.8 Å². The lowest BCUT2D eigenvalue weighted by Crippen LogP contribution is -2.35. The molecular formula is C27H36N8O4. The lowest BCUT2D eigenvalue weighted by atomic mass is 10.1. The maximum absolute atomic E-state index is 10.2. The number of nitrogens with zero attached hydrogens (tertiary/aromatic N) is 7. The maximum atomic E-state index is 10.2. The molecule has 2 unspecified atom stereocenters. The van der Waals surface area contributed by atoms with E-state index in [1.54, 1.807) is 17.8 Å². The van der Waals surface area contributed by atoms with Crippen molar-refractivity contribution < 1.29 is 19.7 Å². The Hall–Kier alpha value is -3.74. The maximum Gasteiger partial charge on any atom is 0.240 e. The molecule has 2 atom stereocenters. The van der Waals surface area contributed by atoms with Gasteiger partial charge in [0.15, 0.2) is 5.65 Å². The molecular weight excluding hydrogens is 500 g/mol. The molecule has 0 aromatic carbocycles. The molecule has 0 saturated carbocycles. The van der Waals surface area contributed by atoms with Gasteiger partial charge in [-0.3, -0.25) is 14.7 Å². The summed E-state index contributed by atoms with van der Waals surface area (Å²) in [5.41, 5.74) is 5.13. The minimum atomic E-state index is -0.577. The zero-order chi connectivity index (χ0) is 27.7. The minimum Gasteiger partial charge on any atom is -0.476 e. The van der Waals surface area contributed by atoms with Gasteiger partial charge in [-0.2, -0.15) is 10.2 Å². The zero-order valence-corrected chi connectivity index (χ0v) is 23.0. The highest BCUT2D eigenvalue weighted by Crippen LogP contribution is 2.36. The van der Waals surface area contributed by atoms with Crippen LogP contribution in [0.3, 0.4) is 0 Å². The molecule has 0 fully saturated rings. The second kappa shape index (κ2) is 11.2. The number of fused-ring (bicyclic) bond motifs is 4. The number of aromatic amines is 1. The largest absolute Gasteiger partial charge is 0.476 e. The van der Waals surface area contributed by atoms with Crippen molar-refractivity contribution in [2.24, 2.45) is 7.05 Å². The van der Waals surface area contributed by atoms with Gasteiger partial charge in [-0.05, 0) is 45.5 Å². The standard InChI is InChI=1S/C27H36N8O4/c1-6-34-13-17(4)39-27-24(22(15-36)31-33(27)5)18-10-20-21(29-30-25(20)28-11-18)9-8-19-23(14-34)35(12-16(3)37)32-26(19)38-7-2/h8-11,16-17,36-37H,6-7,12-15H2,1-5H3,(H,28,29,30)/b9-8+. The molecule has 0 amide bonds. The molecule has 4 aromatic heterocycles. The van der Waals surface area contributed by atoms with E-state index in [9.17, 15) is 10.2 Å². The average molecular weight is 537 g/mol. The number of rotatable bonds is 6. The van der Waals surface area contributed by atoms with Gasteiger partial charge in [-0.1, -0.05) is 6.92 Å². The first kappa shape index (κ1) is 26.9. The number of nitrogens with one attached hydrogen (secondary N) is 1. The molecule has 4 aromatic rings. The number of aryl methyl sites for hydroxylation is 1. The van der Waals surface area contributed by atoms with E-state index in [4.69, 9.17) is 14.6 Å². The summed E-state index contributed by atoms with van der Waals surface area (Å²) in [6, 6.07) is 1.98. The first-order valence-corrected chi connectivity index (χ1v) is 13.3. The lowest BCUT2D eigenvalue weighted by Gasteiger charge is -2.26. The molecule has 39 heavy (non-hydrogen) atoms. The van der Waals surface area contributed by atoms with Crippen LogP contribution in [0.1, 0.15) is 50.3 Å². The average Bonchev–Trinajstić information content (AvgIpc) is 3.55. The molecule has 0 aliphatic carbocycles.